The molecule has 6 rings (SSSR count). The molecule has 1 amide bonds. The summed E-state index contributed by atoms with van der Waals surface area (Å²) in [6, 6.07) is 8.14. The Kier molecular flexibility index (Phi) is 6.10. The first-order valence-corrected chi connectivity index (χ1v) is 12.9. The van der Waals surface area contributed by atoms with E-state index in [0.717, 1.165) is 63.3 Å². The van der Waals surface area contributed by atoms with Gasteiger partial charge in [-0.1, -0.05) is 12.1 Å². The number of rotatable bonds is 6. The molecule has 1 aromatic carbocycles. The number of fused-ring (bicyclic) bond motifs is 2. The molecule has 3 N–H and O–H groups in total. The summed E-state index contributed by atoms with van der Waals surface area (Å²) < 4.78 is 1.07. The first-order valence-electron chi connectivity index (χ1n) is 12.1. The van der Waals surface area contributed by atoms with E-state index in [2.05, 4.69) is 31.1 Å². The SMILES string of the molecule is CN(Cc1cc2nc(-c3cccc4[nH]ncc34)nc(N3CCCCC3)c2s1)c1ncc(C(=O)NO)cn1. The van der Waals surface area contributed by atoms with E-state index in [1.54, 1.807) is 16.8 Å². The van der Waals surface area contributed by atoms with Crippen LogP contribution in [0.1, 0.15) is 34.5 Å². The Morgan fingerprint density at radius 1 is 1.16 bits per heavy atom. The van der Waals surface area contributed by atoms with Crippen molar-refractivity contribution in [1.29, 1.82) is 0 Å². The van der Waals surface area contributed by atoms with Crippen LogP contribution in [0.4, 0.5) is 11.8 Å². The van der Waals surface area contributed by atoms with E-state index in [9.17, 15) is 4.79 Å². The third-order valence-electron chi connectivity index (χ3n) is 6.52. The highest BCUT2D eigenvalue weighted by atomic mass is 32.1. The van der Waals surface area contributed by atoms with Crippen LogP contribution in [-0.2, 0) is 6.54 Å². The number of aromatic amines is 1. The number of thiophene rings is 1. The summed E-state index contributed by atoms with van der Waals surface area (Å²) >= 11 is 1.68. The second-order valence-corrected chi connectivity index (χ2v) is 10.2. The zero-order chi connectivity index (χ0) is 25.4. The van der Waals surface area contributed by atoms with Crippen molar-refractivity contribution in [3.8, 4) is 11.4 Å². The summed E-state index contributed by atoms with van der Waals surface area (Å²) in [4.78, 5) is 35.6. The van der Waals surface area contributed by atoms with Gasteiger partial charge in [0.05, 0.1) is 34.0 Å². The van der Waals surface area contributed by atoms with Gasteiger partial charge in [-0.05, 0) is 31.4 Å². The smallest absolute Gasteiger partial charge is 0.277 e. The molecule has 0 saturated carbocycles. The second kappa shape index (κ2) is 9.71. The van der Waals surface area contributed by atoms with E-state index in [4.69, 9.17) is 15.2 Å². The largest absolute Gasteiger partial charge is 0.355 e. The molecule has 37 heavy (non-hydrogen) atoms. The summed E-state index contributed by atoms with van der Waals surface area (Å²) in [5, 5.41) is 17.0. The summed E-state index contributed by atoms with van der Waals surface area (Å²) in [6.45, 7) is 2.53. The molecular formula is C25H25N9O2S. The van der Waals surface area contributed by atoms with E-state index in [-0.39, 0.29) is 5.56 Å². The fourth-order valence-electron chi connectivity index (χ4n) is 4.65. The van der Waals surface area contributed by atoms with Gasteiger partial charge < -0.3 is 9.80 Å². The predicted octanol–water partition coefficient (Wildman–Crippen LogP) is 3.77. The molecule has 0 aliphatic carbocycles. The third-order valence-corrected chi connectivity index (χ3v) is 7.63. The average molecular weight is 516 g/mol. The van der Waals surface area contributed by atoms with Crippen LogP contribution in [0.3, 0.4) is 0 Å². The monoisotopic (exact) mass is 515 g/mol. The summed E-state index contributed by atoms with van der Waals surface area (Å²) in [5.41, 5.74) is 4.59. The van der Waals surface area contributed by atoms with E-state index < -0.39 is 5.91 Å². The molecule has 1 fully saturated rings. The lowest BCUT2D eigenvalue weighted by atomic mass is 10.1. The highest BCUT2D eigenvalue weighted by molar-refractivity contribution is 7.19. The number of hydroxylamine groups is 1. The van der Waals surface area contributed by atoms with Crippen molar-refractivity contribution in [3.63, 3.8) is 0 Å². The van der Waals surface area contributed by atoms with Crippen molar-refractivity contribution in [2.75, 3.05) is 29.9 Å². The Hall–Kier alpha value is -4.16. The Balaban J connectivity index is 1.37. The van der Waals surface area contributed by atoms with Crippen LogP contribution >= 0.6 is 11.3 Å². The first kappa shape index (κ1) is 23.3. The first-order chi connectivity index (χ1) is 18.1. The van der Waals surface area contributed by atoms with E-state index >= 15 is 0 Å². The topological polar surface area (TPSA) is 136 Å². The zero-order valence-corrected chi connectivity index (χ0v) is 21.0. The van der Waals surface area contributed by atoms with Gasteiger partial charge in [-0.2, -0.15) is 5.10 Å². The number of piperidine rings is 1. The van der Waals surface area contributed by atoms with E-state index in [1.807, 2.05) is 36.3 Å². The Labute approximate surface area is 216 Å². The van der Waals surface area contributed by atoms with E-state index in [1.165, 1.54) is 18.8 Å². The van der Waals surface area contributed by atoms with Crippen LogP contribution < -0.4 is 15.3 Å². The number of hydrogen-bond acceptors (Lipinski definition) is 10. The minimum Gasteiger partial charge on any atom is -0.355 e. The summed E-state index contributed by atoms with van der Waals surface area (Å²) in [5.74, 6) is 1.50. The molecule has 12 heteroatoms. The van der Waals surface area contributed by atoms with Crippen molar-refractivity contribution in [2.45, 2.75) is 25.8 Å². The number of carbonyl (C=O) groups is 1. The molecule has 1 aliphatic heterocycles. The van der Waals surface area contributed by atoms with Gasteiger partial charge >= 0.3 is 0 Å². The maximum Gasteiger partial charge on any atom is 0.277 e. The molecule has 5 heterocycles. The van der Waals surface area contributed by atoms with Gasteiger partial charge in [0.15, 0.2) is 11.6 Å². The normalized spacial score (nSPS) is 13.8. The van der Waals surface area contributed by atoms with Crippen LogP contribution in [0.15, 0.2) is 42.9 Å². The lowest BCUT2D eigenvalue weighted by Gasteiger charge is -2.28. The number of amides is 1. The molecule has 0 spiro atoms. The maximum absolute atomic E-state index is 11.6. The maximum atomic E-state index is 11.6. The van der Waals surface area contributed by atoms with Crippen molar-refractivity contribution in [2.24, 2.45) is 0 Å². The third kappa shape index (κ3) is 4.45. The lowest BCUT2D eigenvalue weighted by molar-refractivity contribution is 0.0705. The highest BCUT2D eigenvalue weighted by Crippen LogP contribution is 2.37. The summed E-state index contributed by atoms with van der Waals surface area (Å²) in [7, 11) is 1.90. The molecule has 4 aromatic heterocycles. The van der Waals surface area contributed by atoms with Crippen LogP contribution in [0.2, 0.25) is 0 Å². The molecule has 0 unspecified atom stereocenters. The van der Waals surface area contributed by atoms with Crippen molar-refractivity contribution in [1.82, 2.24) is 35.6 Å². The van der Waals surface area contributed by atoms with Gasteiger partial charge in [-0.15, -0.1) is 11.3 Å². The van der Waals surface area contributed by atoms with Gasteiger partial charge in [0, 0.05) is 48.4 Å². The summed E-state index contributed by atoms with van der Waals surface area (Å²) in [6.07, 6.45) is 8.14. The highest BCUT2D eigenvalue weighted by Gasteiger charge is 2.21. The number of benzene rings is 1. The van der Waals surface area contributed by atoms with Gasteiger partial charge in [-0.3, -0.25) is 15.1 Å². The number of nitrogens with zero attached hydrogens (tertiary/aromatic N) is 7. The predicted molar refractivity (Wildman–Crippen MR) is 142 cm³/mol. The molecule has 0 atom stereocenters. The molecule has 0 bridgehead atoms. The molecular weight excluding hydrogens is 490 g/mol. The molecule has 188 valence electrons. The molecule has 11 nitrogen and oxygen atoms in total. The molecule has 1 aliphatic rings. The number of aromatic nitrogens is 6. The number of H-pyrrole nitrogens is 1. The van der Waals surface area contributed by atoms with Gasteiger partial charge in [-0.25, -0.2) is 25.4 Å². The Bertz CT molecular complexity index is 1570. The molecule has 0 radical (unpaired) electrons. The second-order valence-electron chi connectivity index (χ2n) is 9.05. The number of carbonyl (C=O) groups excluding carboxylic acids is 1. The molecule has 5 aromatic rings. The zero-order valence-electron chi connectivity index (χ0n) is 20.2. The lowest BCUT2D eigenvalue weighted by Crippen LogP contribution is -2.30. The Morgan fingerprint density at radius 3 is 2.76 bits per heavy atom. The standard InChI is InChI=1S/C25H25N9O2S/c1-33(25-26-11-15(12-27-25)24(35)32-36)14-16-10-20-21(37-16)23(34-8-3-2-4-9-34)30-22(29-20)17-6-5-7-19-18(17)13-28-31-19/h5-7,10-13,36H,2-4,8-9,14H2,1H3,(H,28,31)(H,32,35). The number of hydrogen-bond donors (Lipinski definition) is 3. The van der Waals surface area contributed by atoms with Gasteiger partial charge in [0.2, 0.25) is 5.95 Å². The Morgan fingerprint density at radius 2 is 1.97 bits per heavy atom. The van der Waals surface area contributed by atoms with Crippen molar-refractivity contribution >= 4 is 50.1 Å². The van der Waals surface area contributed by atoms with Gasteiger partial charge in [0.1, 0.15) is 0 Å². The van der Waals surface area contributed by atoms with Crippen molar-refractivity contribution < 1.29 is 10.0 Å². The number of anilines is 2. The quantitative estimate of drug-likeness (QED) is 0.228. The van der Waals surface area contributed by atoms with Crippen LogP contribution in [0.5, 0.6) is 0 Å². The van der Waals surface area contributed by atoms with E-state index in [0.29, 0.717) is 18.3 Å². The van der Waals surface area contributed by atoms with Gasteiger partial charge in [0.25, 0.3) is 5.91 Å². The fourth-order valence-corrected chi connectivity index (χ4v) is 5.82. The molecule has 1 saturated heterocycles. The number of nitrogens with one attached hydrogen (secondary N) is 2. The van der Waals surface area contributed by atoms with Crippen molar-refractivity contribution in [3.05, 3.63) is 53.3 Å². The van der Waals surface area contributed by atoms with Crippen LogP contribution in [0, 0.1) is 0 Å². The average Bonchev–Trinajstić information content (AvgIpc) is 3.59. The minimum atomic E-state index is -0.649. The van der Waals surface area contributed by atoms with Crippen LogP contribution in [0.25, 0.3) is 32.5 Å². The van der Waals surface area contributed by atoms with Crippen LogP contribution in [-0.4, -0.2) is 61.4 Å². The fraction of sp³-hybridized carbons (Fsp3) is 0.280. The minimum absolute atomic E-state index is 0.183.